The zero-order valence-electron chi connectivity index (χ0n) is 11.7. The van der Waals surface area contributed by atoms with Crippen molar-refractivity contribution in [3.8, 4) is 0 Å². The van der Waals surface area contributed by atoms with Crippen molar-refractivity contribution in [2.24, 2.45) is 5.41 Å². The maximum atomic E-state index is 10.8. The maximum Gasteiger partial charge on any atom is 0.304 e. The molecule has 0 aliphatic heterocycles. The van der Waals surface area contributed by atoms with Gasteiger partial charge >= 0.3 is 5.97 Å². The molecule has 0 saturated heterocycles. The zero-order valence-corrected chi connectivity index (χ0v) is 11.7. The second kappa shape index (κ2) is 5.85. The molecular weight excluding hydrogens is 214 g/mol. The lowest BCUT2D eigenvalue weighted by atomic mass is 9.74. The molecule has 0 amide bonds. The summed E-state index contributed by atoms with van der Waals surface area (Å²) in [6.45, 7) is 9.79. The van der Waals surface area contributed by atoms with E-state index >= 15 is 0 Å². The molecule has 1 aliphatic rings. The number of rotatable bonds is 5. The third-order valence-electron chi connectivity index (χ3n) is 4.05. The third kappa shape index (κ3) is 4.30. The molecule has 0 aromatic rings. The lowest BCUT2D eigenvalue weighted by Crippen LogP contribution is -2.46. The van der Waals surface area contributed by atoms with Gasteiger partial charge in [0.1, 0.15) is 0 Å². The second-order valence-corrected chi connectivity index (χ2v) is 6.19. The van der Waals surface area contributed by atoms with E-state index in [1.807, 2.05) is 6.92 Å². The molecule has 3 heteroatoms. The Morgan fingerprint density at radius 1 is 1.53 bits per heavy atom. The zero-order chi connectivity index (χ0) is 13.1. The summed E-state index contributed by atoms with van der Waals surface area (Å²) < 4.78 is 0. The minimum absolute atomic E-state index is 0.149. The molecule has 0 bridgehead atoms. The van der Waals surface area contributed by atoms with Crippen molar-refractivity contribution in [3.63, 3.8) is 0 Å². The van der Waals surface area contributed by atoms with Crippen molar-refractivity contribution in [2.75, 3.05) is 6.54 Å². The van der Waals surface area contributed by atoms with Crippen LogP contribution in [0.25, 0.3) is 0 Å². The van der Waals surface area contributed by atoms with Crippen LogP contribution < -0.4 is 0 Å². The highest BCUT2D eigenvalue weighted by Gasteiger charge is 2.32. The minimum atomic E-state index is -0.689. The predicted octanol–water partition coefficient (Wildman–Crippen LogP) is 3.14. The Labute approximate surface area is 105 Å². The van der Waals surface area contributed by atoms with Crippen LogP contribution in [-0.4, -0.2) is 34.6 Å². The van der Waals surface area contributed by atoms with Gasteiger partial charge in [-0.2, -0.15) is 0 Å². The van der Waals surface area contributed by atoms with Crippen LogP contribution in [0.15, 0.2) is 0 Å². The predicted molar refractivity (Wildman–Crippen MR) is 70.1 cm³/mol. The number of aliphatic carboxylic acids is 1. The first-order valence-corrected chi connectivity index (χ1v) is 6.83. The number of carboxylic acids is 1. The summed E-state index contributed by atoms with van der Waals surface area (Å²) in [5.74, 6) is -0.689. The van der Waals surface area contributed by atoms with Gasteiger partial charge in [-0.1, -0.05) is 27.2 Å². The van der Waals surface area contributed by atoms with Crippen molar-refractivity contribution in [2.45, 2.75) is 71.9 Å². The molecule has 0 spiro atoms. The first kappa shape index (κ1) is 14.5. The average Bonchev–Trinajstić information content (AvgIpc) is 2.15. The molecule has 0 heterocycles. The summed E-state index contributed by atoms with van der Waals surface area (Å²) in [6.07, 6.45) is 5.25. The number of hydrogen-bond acceptors (Lipinski definition) is 2. The molecule has 1 N–H and O–H groups in total. The summed E-state index contributed by atoms with van der Waals surface area (Å²) in [5.41, 5.74) is 0.416. The second-order valence-electron chi connectivity index (χ2n) is 6.19. The molecule has 1 saturated carbocycles. The Morgan fingerprint density at radius 3 is 2.65 bits per heavy atom. The minimum Gasteiger partial charge on any atom is -0.481 e. The van der Waals surface area contributed by atoms with Crippen LogP contribution in [0.2, 0.25) is 0 Å². The SMILES string of the molecule is CCN(C(C)CC(=O)O)C1CCCC(C)(C)C1. The largest absolute Gasteiger partial charge is 0.481 e. The maximum absolute atomic E-state index is 10.8. The fourth-order valence-corrected chi connectivity index (χ4v) is 3.24. The van der Waals surface area contributed by atoms with Crippen LogP contribution in [0, 0.1) is 5.41 Å². The smallest absolute Gasteiger partial charge is 0.304 e. The van der Waals surface area contributed by atoms with Gasteiger partial charge in [-0.15, -0.1) is 0 Å². The van der Waals surface area contributed by atoms with Gasteiger partial charge in [0, 0.05) is 12.1 Å². The lowest BCUT2D eigenvalue weighted by molar-refractivity contribution is -0.138. The standard InChI is InChI=1S/C14H27NO2/c1-5-15(11(2)9-13(16)17)12-7-6-8-14(3,4)10-12/h11-12H,5-10H2,1-4H3,(H,16,17). The van der Waals surface area contributed by atoms with Gasteiger partial charge in [-0.05, 0) is 38.1 Å². The van der Waals surface area contributed by atoms with E-state index in [1.165, 1.54) is 25.7 Å². The van der Waals surface area contributed by atoms with Gasteiger partial charge < -0.3 is 5.11 Å². The molecule has 100 valence electrons. The van der Waals surface area contributed by atoms with Gasteiger partial charge in [0.25, 0.3) is 0 Å². The number of carboxylic acid groups (broad SMARTS) is 1. The Bertz CT molecular complexity index is 263. The molecule has 0 aromatic carbocycles. The van der Waals surface area contributed by atoms with Crippen molar-refractivity contribution < 1.29 is 9.90 Å². The molecule has 1 rings (SSSR count). The molecule has 17 heavy (non-hydrogen) atoms. The molecule has 1 fully saturated rings. The third-order valence-corrected chi connectivity index (χ3v) is 4.05. The Hall–Kier alpha value is -0.570. The lowest BCUT2D eigenvalue weighted by Gasteiger charge is -2.43. The van der Waals surface area contributed by atoms with E-state index < -0.39 is 5.97 Å². The van der Waals surface area contributed by atoms with Gasteiger partial charge in [-0.3, -0.25) is 9.69 Å². The van der Waals surface area contributed by atoms with Crippen molar-refractivity contribution in [1.29, 1.82) is 0 Å². The van der Waals surface area contributed by atoms with Crippen LogP contribution in [0.1, 0.15) is 59.8 Å². The van der Waals surface area contributed by atoms with Gasteiger partial charge in [0.2, 0.25) is 0 Å². The van der Waals surface area contributed by atoms with Crippen LogP contribution in [0.4, 0.5) is 0 Å². The van der Waals surface area contributed by atoms with Crippen LogP contribution in [0.3, 0.4) is 0 Å². The highest BCUT2D eigenvalue weighted by molar-refractivity contribution is 5.67. The van der Waals surface area contributed by atoms with Crippen LogP contribution >= 0.6 is 0 Å². The van der Waals surface area contributed by atoms with Gasteiger partial charge in [0.05, 0.1) is 6.42 Å². The Morgan fingerprint density at radius 2 is 2.18 bits per heavy atom. The summed E-state index contributed by atoms with van der Waals surface area (Å²) in [4.78, 5) is 13.2. The number of carbonyl (C=O) groups is 1. The molecule has 3 nitrogen and oxygen atoms in total. The number of hydrogen-bond donors (Lipinski definition) is 1. The fraction of sp³-hybridized carbons (Fsp3) is 0.929. The van der Waals surface area contributed by atoms with E-state index in [0.717, 1.165) is 6.54 Å². The highest BCUT2D eigenvalue weighted by atomic mass is 16.4. The summed E-state index contributed by atoms with van der Waals surface area (Å²) in [6, 6.07) is 0.717. The quantitative estimate of drug-likeness (QED) is 0.804. The van der Waals surface area contributed by atoms with E-state index in [-0.39, 0.29) is 12.5 Å². The molecule has 0 radical (unpaired) electrons. The Balaban J connectivity index is 2.63. The summed E-state index contributed by atoms with van der Waals surface area (Å²) >= 11 is 0. The summed E-state index contributed by atoms with van der Waals surface area (Å²) in [7, 11) is 0. The Kier molecular flexibility index (Phi) is 4.99. The first-order valence-electron chi connectivity index (χ1n) is 6.83. The molecule has 0 aromatic heterocycles. The van der Waals surface area contributed by atoms with E-state index in [9.17, 15) is 4.79 Å². The van der Waals surface area contributed by atoms with E-state index in [4.69, 9.17) is 5.11 Å². The van der Waals surface area contributed by atoms with Crippen molar-refractivity contribution in [1.82, 2.24) is 4.90 Å². The highest BCUT2D eigenvalue weighted by Crippen LogP contribution is 2.37. The van der Waals surface area contributed by atoms with Crippen molar-refractivity contribution >= 4 is 5.97 Å². The van der Waals surface area contributed by atoms with Crippen LogP contribution in [0.5, 0.6) is 0 Å². The molecule has 2 atom stereocenters. The van der Waals surface area contributed by atoms with Crippen LogP contribution in [-0.2, 0) is 4.79 Å². The van der Waals surface area contributed by atoms with Gasteiger partial charge in [-0.25, -0.2) is 0 Å². The van der Waals surface area contributed by atoms with Crippen molar-refractivity contribution in [3.05, 3.63) is 0 Å². The summed E-state index contributed by atoms with van der Waals surface area (Å²) in [5, 5.41) is 8.90. The molecule has 2 unspecified atom stereocenters. The van der Waals surface area contributed by atoms with E-state index in [1.54, 1.807) is 0 Å². The van der Waals surface area contributed by atoms with E-state index in [2.05, 4.69) is 25.7 Å². The average molecular weight is 241 g/mol. The van der Waals surface area contributed by atoms with E-state index in [0.29, 0.717) is 11.5 Å². The first-order chi connectivity index (χ1) is 7.85. The normalized spacial score (nSPS) is 25.8. The fourth-order valence-electron chi connectivity index (χ4n) is 3.24. The van der Waals surface area contributed by atoms with Gasteiger partial charge in [0.15, 0.2) is 0 Å². The molecular formula is C14H27NO2. The topological polar surface area (TPSA) is 40.5 Å². The number of nitrogens with zero attached hydrogens (tertiary/aromatic N) is 1. The monoisotopic (exact) mass is 241 g/mol. The molecule has 1 aliphatic carbocycles.